The van der Waals surface area contributed by atoms with Crippen molar-refractivity contribution in [3.05, 3.63) is 94.7 Å². The lowest BCUT2D eigenvalue weighted by Crippen LogP contribution is -2.68. The number of hydrogen-bond acceptors (Lipinski definition) is 6. The van der Waals surface area contributed by atoms with Crippen molar-refractivity contribution in [2.75, 3.05) is 44.7 Å². The molecule has 7 rings (SSSR count). The van der Waals surface area contributed by atoms with E-state index in [1.807, 2.05) is 19.1 Å². The summed E-state index contributed by atoms with van der Waals surface area (Å²) in [5, 5.41) is 10.3. The van der Waals surface area contributed by atoms with Crippen molar-refractivity contribution in [3.63, 3.8) is 0 Å². The molecule has 230 valence electrons. The number of benzene rings is 3. The molecule has 2 saturated heterocycles. The first kappa shape index (κ1) is 28.9. The van der Waals surface area contributed by atoms with Gasteiger partial charge in [-0.1, -0.05) is 38.1 Å². The summed E-state index contributed by atoms with van der Waals surface area (Å²) in [7, 11) is 1.72. The van der Waals surface area contributed by atoms with E-state index in [1.165, 1.54) is 29.5 Å². The first-order valence-electron chi connectivity index (χ1n) is 15.9. The van der Waals surface area contributed by atoms with Gasteiger partial charge in [0.15, 0.2) is 11.3 Å². The van der Waals surface area contributed by atoms with Gasteiger partial charge in [-0.15, -0.1) is 0 Å². The van der Waals surface area contributed by atoms with Crippen LogP contribution >= 0.6 is 0 Å². The van der Waals surface area contributed by atoms with Gasteiger partial charge in [-0.25, -0.2) is 4.79 Å². The topological polar surface area (TPSA) is 69.4 Å². The van der Waals surface area contributed by atoms with Crippen LogP contribution in [0.25, 0.3) is 11.0 Å². The third kappa shape index (κ3) is 5.26. The Kier molecular flexibility index (Phi) is 7.42. The van der Waals surface area contributed by atoms with E-state index in [9.17, 15) is 9.90 Å². The number of carboxylic acids is 1. The predicted molar refractivity (Wildman–Crippen MR) is 174 cm³/mol. The van der Waals surface area contributed by atoms with Crippen LogP contribution in [0.4, 0.5) is 5.69 Å². The highest BCUT2D eigenvalue weighted by Crippen LogP contribution is 2.53. The van der Waals surface area contributed by atoms with Gasteiger partial charge >= 0.3 is 5.97 Å². The van der Waals surface area contributed by atoms with Crippen molar-refractivity contribution in [1.29, 1.82) is 0 Å². The summed E-state index contributed by atoms with van der Waals surface area (Å²) < 4.78 is 11.6. The number of aryl methyl sites for hydroxylation is 1. The number of hydrogen-bond donors (Lipinski definition) is 1. The van der Waals surface area contributed by atoms with Crippen LogP contribution in [0.5, 0.6) is 5.75 Å². The lowest BCUT2D eigenvalue weighted by Gasteiger charge is -2.63. The number of fused-ring (bicyclic) bond motifs is 1. The van der Waals surface area contributed by atoms with E-state index in [4.69, 9.17) is 9.15 Å². The van der Waals surface area contributed by atoms with E-state index in [0.717, 1.165) is 67.4 Å². The monoisotopic (exact) mass is 593 g/mol. The van der Waals surface area contributed by atoms with Gasteiger partial charge in [0.1, 0.15) is 5.76 Å². The zero-order chi connectivity index (χ0) is 30.6. The molecule has 1 saturated carbocycles. The molecular formula is C37H43N3O4. The molecule has 3 fully saturated rings. The number of methoxy groups -OCH3 is 1. The van der Waals surface area contributed by atoms with Crippen LogP contribution in [-0.2, 0) is 6.54 Å². The maximum Gasteiger partial charge on any atom is 0.335 e. The van der Waals surface area contributed by atoms with Crippen LogP contribution in [0.3, 0.4) is 0 Å². The molecule has 1 spiro atoms. The molecule has 1 N–H and O–H groups in total. The zero-order valence-corrected chi connectivity index (χ0v) is 26.3. The highest BCUT2D eigenvalue weighted by Gasteiger charge is 2.55. The number of nitrogens with zero attached hydrogens (tertiary/aromatic N) is 3. The predicted octanol–water partition coefficient (Wildman–Crippen LogP) is 7.10. The second kappa shape index (κ2) is 11.3. The summed E-state index contributed by atoms with van der Waals surface area (Å²) in [5.41, 5.74) is 6.86. The molecule has 3 heterocycles. The van der Waals surface area contributed by atoms with Crippen LogP contribution < -0.4 is 9.64 Å². The smallest absolute Gasteiger partial charge is 0.335 e. The minimum Gasteiger partial charge on any atom is -0.493 e. The Bertz CT molecular complexity index is 1660. The zero-order valence-electron chi connectivity index (χ0n) is 26.3. The number of rotatable bonds is 8. The number of furan rings is 1. The molecular weight excluding hydrogens is 550 g/mol. The van der Waals surface area contributed by atoms with E-state index in [0.29, 0.717) is 29.0 Å². The Labute approximate surface area is 260 Å². The van der Waals surface area contributed by atoms with Gasteiger partial charge in [-0.3, -0.25) is 9.80 Å². The van der Waals surface area contributed by atoms with Crippen LogP contribution in [0, 0.1) is 12.3 Å². The highest BCUT2D eigenvalue weighted by atomic mass is 16.5. The average molecular weight is 594 g/mol. The molecule has 3 aliphatic rings. The first-order chi connectivity index (χ1) is 21.2. The van der Waals surface area contributed by atoms with Crippen molar-refractivity contribution >= 4 is 22.6 Å². The van der Waals surface area contributed by atoms with Crippen LogP contribution in [0.1, 0.15) is 71.5 Å². The molecule has 7 heteroatoms. The summed E-state index contributed by atoms with van der Waals surface area (Å²) >= 11 is 0. The highest BCUT2D eigenvalue weighted by molar-refractivity contribution is 5.88. The molecule has 0 bridgehead atoms. The molecule has 1 aliphatic carbocycles. The number of aromatic carboxylic acids is 1. The van der Waals surface area contributed by atoms with Gasteiger partial charge in [-0.2, -0.15) is 0 Å². The Hall–Kier alpha value is -3.81. The lowest BCUT2D eigenvalue weighted by atomic mass is 9.59. The van der Waals surface area contributed by atoms with Gasteiger partial charge in [0, 0.05) is 67.8 Å². The van der Waals surface area contributed by atoms with Gasteiger partial charge < -0.3 is 19.2 Å². The summed E-state index contributed by atoms with van der Waals surface area (Å²) in [6.45, 7) is 12.7. The van der Waals surface area contributed by atoms with Gasteiger partial charge in [0.05, 0.1) is 12.7 Å². The van der Waals surface area contributed by atoms with Crippen molar-refractivity contribution in [1.82, 2.24) is 9.80 Å². The van der Waals surface area contributed by atoms with E-state index < -0.39 is 5.97 Å². The van der Waals surface area contributed by atoms with Gasteiger partial charge in [-0.05, 0) is 84.8 Å². The Morgan fingerprint density at radius 1 is 1.05 bits per heavy atom. The number of anilines is 1. The molecule has 1 atom stereocenters. The number of ether oxygens (including phenoxy) is 1. The minimum absolute atomic E-state index is 0.343. The summed E-state index contributed by atoms with van der Waals surface area (Å²) in [4.78, 5) is 19.1. The summed E-state index contributed by atoms with van der Waals surface area (Å²) in [5.74, 6) is 1.30. The standard InChI is InChI=1S/C37H43N3O4/c1-24(2)31-7-5-6-8-32(31)33-21-38(20-26-16-28-15-25(3)44-35(28)34(17-26)43-4)13-14-40(33)30-18-37(19-30)22-39(23-37)29-11-9-27(10-12-29)36(41)42/h5-12,15-17,24,30,33H,13-14,18-23H2,1-4H3,(H,41,42). The minimum atomic E-state index is -0.874. The number of carbonyl (C=O) groups is 1. The Balaban J connectivity index is 1.07. The van der Waals surface area contributed by atoms with Crippen LogP contribution in [-0.4, -0.2) is 66.8 Å². The quantitative estimate of drug-likeness (QED) is 0.234. The molecule has 7 nitrogen and oxygen atoms in total. The fourth-order valence-corrected chi connectivity index (χ4v) is 8.05. The normalized spacial score (nSPS) is 20.7. The number of carboxylic acid groups (broad SMARTS) is 1. The summed E-state index contributed by atoms with van der Waals surface area (Å²) in [6, 6.07) is 23.8. The summed E-state index contributed by atoms with van der Waals surface area (Å²) in [6.07, 6.45) is 2.45. The molecule has 2 aliphatic heterocycles. The van der Waals surface area contributed by atoms with Crippen molar-refractivity contribution < 1.29 is 19.1 Å². The fourth-order valence-electron chi connectivity index (χ4n) is 8.05. The number of piperazine rings is 1. The van der Waals surface area contributed by atoms with E-state index in [-0.39, 0.29) is 0 Å². The van der Waals surface area contributed by atoms with Crippen LogP contribution in [0.15, 0.2) is 71.1 Å². The van der Waals surface area contributed by atoms with E-state index in [1.54, 1.807) is 19.2 Å². The van der Waals surface area contributed by atoms with Crippen LogP contribution in [0.2, 0.25) is 0 Å². The maximum atomic E-state index is 11.3. The Morgan fingerprint density at radius 3 is 2.50 bits per heavy atom. The van der Waals surface area contributed by atoms with Crippen molar-refractivity contribution in [2.45, 2.75) is 58.2 Å². The second-order valence-electron chi connectivity index (χ2n) is 13.6. The second-order valence-corrected chi connectivity index (χ2v) is 13.6. The van der Waals surface area contributed by atoms with Gasteiger partial charge in [0.2, 0.25) is 0 Å². The molecule has 44 heavy (non-hydrogen) atoms. The van der Waals surface area contributed by atoms with E-state index in [2.05, 4.69) is 71.0 Å². The average Bonchev–Trinajstić information content (AvgIpc) is 3.36. The molecule has 0 amide bonds. The van der Waals surface area contributed by atoms with Gasteiger partial charge in [0.25, 0.3) is 0 Å². The molecule has 1 unspecified atom stereocenters. The Morgan fingerprint density at radius 2 is 1.80 bits per heavy atom. The molecule has 0 radical (unpaired) electrons. The largest absolute Gasteiger partial charge is 0.493 e. The van der Waals surface area contributed by atoms with Crippen molar-refractivity contribution in [2.24, 2.45) is 5.41 Å². The maximum absolute atomic E-state index is 11.3. The van der Waals surface area contributed by atoms with E-state index >= 15 is 0 Å². The lowest BCUT2D eigenvalue weighted by molar-refractivity contribution is -0.0647. The SMILES string of the molecule is COc1cc(CN2CCN(C3CC4(C3)CN(c3ccc(C(=O)O)cc3)C4)C(c3ccccc3C(C)C)C2)cc2cc(C)oc12. The molecule has 3 aromatic carbocycles. The molecule has 1 aromatic heterocycles. The first-order valence-corrected chi connectivity index (χ1v) is 15.9. The fraction of sp³-hybridized carbons (Fsp3) is 0.432. The molecule has 4 aromatic rings. The van der Waals surface area contributed by atoms with Crippen molar-refractivity contribution in [3.8, 4) is 5.75 Å². The third-order valence-electron chi connectivity index (χ3n) is 10.2. The third-order valence-corrected chi connectivity index (χ3v) is 10.2.